The molecule has 1 aromatic carbocycles. The average molecular weight is 398 g/mol. The molecule has 2 rings (SSSR count). The fraction of sp³-hybridized carbons (Fsp3) is 0.632. The van der Waals surface area contributed by atoms with Crippen molar-refractivity contribution in [2.45, 2.75) is 33.2 Å². The summed E-state index contributed by atoms with van der Waals surface area (Å²) in [6, 6.07) is 5.89. The molecule has 0 amide bonds. The Morgan fingerprint density at radius 1 is 1.26 bits per heavy atom. The molecule has 0 spiro atoms. The highest BCUT2D eigenvalue weighted by atomic mass is 32.2. The Balaban J connectivity index is 1.97. The van der Waals surface area contributed by atoms with Crippen LogP contribution in [0.4, 0.5) is 0 Å². The normalized spacial score (nSPS) is 20.1. The summed E-state index contributed by atoms with van der Waals surface area (Å²) < 4.78 is 34.5. The Labute approximate surface area is 162 Å². The van der Waals surface area contributed by atoms with Crippen LogP contribution in [0.25, 0.3) is 0 Å². The average Bonchev–Trinajstić information content (AvgIpc) is 2.99. The van der Waals surface area contributed by atoms with Crippen molar-refractivity contribution < 1.29 is 17.9 Å². The minimum absolute atomic E-state index is 0.00149. The monoisotopic (exact) mass is 397 g/mol. The van der Waals surface area contributed by atoms with Crippen LogP contribution in [0.1, 0.15) is 38.8 Å². The standard InChI is InChI=1S/C19H31N3O4S/c1-5-25-17-8-7-16(11-18(17)26-6-2)14(3)22-19(20-4)21-12-15-9-10-27(23,24)13-15/h7-8,11,14-15H,5-6,9-10,12-13H2,1-4H3,(H2,20,21,22). The fourth-order valence-electron chi connectivity index (χ4n) is 3.09. The zero-order valence-corrected chi connectivity index (χ0v) is 17.4. The van der Waals surface area contributed by atoms with Crippen molar-refractivity contribution in [3.63, 3.8) is 0 Å². The Morgan fingerprint density at radius 2 is 1.96 bits per heavy atom. The van der Waals surface area contributed by atoms with Crippen molar-refractivity contribution in [1.82, 2.24) is 10.6 Å². The lowest BCUT2D eigenvalue weighted by Crippen LogP contribution is -2.41. The second-order valence-corrected chi connectivity index (χ2v) is 8.89. The van der Waals surface area contributed by atoms with Gasteiger partial charge >= 0.3 is 0 Å². The number of nitrogens with zero attached hydrogens (tertiary/aromatic N) is 1. The highest BCUT2D eigenvalue weighted by molar-refractivity contribution is 7.91. The molecule has 0 saturated carbocycles. The molecule has 1 aromatic rings. The molecule has 152 valence electrons. The first-order chi connectivity index (χ1) is 12.9. The lowest BCUT2D eigenvalue weighted by atomic mass is 10.1. The topological polar surface area (TPSA) is 89.0 Å². The lowest BCUT2D eigenvalue weighted by Gasteiger charge is -2.21. The van der Waals surface area contributed by atoms with Gasteiger partial charge in [-0.1, -0.05) is 6.07 Å². The highest BCUT2D eigenvalue weighted by Crippen LogP contribution is 2.30. The number of rotatable bonds is 8. The van der Waals surface area contributed by atoms with Crippen molar-refractivity contribution in [2.24, 2.45) is 10.9 Å². The second kappa shape index (κ2) is 9.82. The van der Waals surface area contributed by atoms with E-state index >= 15 is 0 Å². The highest BCUT2D eigenvalue weighted by Gasteiger charge is 2.27. The van der Waals surface area contributed by atoms with Crippen LogP contribution in [0.5, 0.6) is 11.5 Å². The summed E-state index contributed by atoms with van der Waals surface area (Å²) in [6.07, 6.45) is 0.707. The van der Waals surface area contributed by atoms with Crippen LogP contribution in [0, 0.1) is 5.92 Å². The van der Waals surface area contributed by atoms with Gasteiger partial charge in [0, 0.05) is 13.6 Å². The third kappa shape index (κ3) is 6.30. The summed E-state index contributed by atoms with van der Waals surface area (Å²) in [7, 11) is -1.16. The smallest absolute Gasteiger partial charge is 0.191 e. The van der Waals surface area contributed by atoms with Gasteiger partial charge in [0.15, 0.2) is 27.3 Å². The molecule has 0 aromatic heterocycles. The molecular formula is C19H31N3O4S. The molecular weight excluding hydrogens is 366 g/mol. The van der Waals surface area contributed by atoms with Gasteiger partial charge in [-0.3, -0.25) is 4.99 Å². The minimum atomic E-state index is -2.86. The van der Waals surface area contributed by atoms with E-state index in [-0.39, 0.29) is 23.5 Å². The minimum Gasteiger partial charge on any atom is -0.490 e. The molecule has 1 aliphatic rings. The molecule has 2 unspecified atom stereocenters. The van der Waals surface area contributed by atoms with E-state index in [4.69, 9.17) is 9.47 Å². The van der Waals surface area contributed by atoms with Gasteiger partial charge in [0.25, 0.3) is 0 Å². The van der Waals surface area contributed by atoms with Crippen molar-refractivity contribution in [3.05, 3.63) is 23.8 Å². The fourth-order valence-corrected chi connectivity index (χ4v) is 4.96. The zero-order valence-electron chi connectivity index (χ0n) is 16.6. The Hall–Kier alpha value is -1.96. The number of guanidine groups is 1. The number of aliphatic imine (C=N–C) groups is 1. The Bertz CT molecular complexity index is 749. The molecule has 1 aliphatic heterocycles. The van der Waals surface area contributed by atoms with Crippen LogP contribution >= 0.6 is 0 Å². The largest absolute Gasteiger partial charge is 0.490 e. The molecule has 0 aliphatic carbocycles. The number of sulfone groups is 1. The molecule has 2 atom stereocenters. The first kappa shape index (κ1) is 21.3. The lowest BCUT2D eigenvalue weighted by molar-refractivity contribution is 0.287. The van der Waals surface area contributed by atoms with Gasteiger partial charge in [0.2, 0.25) is 0 Å². The van der Waals surface area contributed by atoms with E-state index in [0.717, 1.165) is 17.1 Å². The van der Waals surface area contributed by atoms with Gasteiger partial charge in [-0.2, -0.15) is 0 Å². The summed E-state index contributed by atoms with van der Waals surface area (Å²) in [5.41, 5.74) is 1.05. The van der Waals surface area contributed by atoms with Crippen molar-refractivity contribution >= 4 is 15.8 Å². The van der Waals surface area contributed by atoms with Gasteiger partial charge in [0.1, 0.15) is 0 Å². The molecule has 7 nitrogen and oxygen atoms in total. The van der Waals surface area contributed by atoms with Crippen LogP contribution in [0.3, 0.4) is 0 Å². The second-order valence-electron chi connectivity index (χ2n) is 6.66. The molecule has 1 fully saturated rings. The summed E-state index contributed by atoms with van der Waals surface area (Å²) in [4.78, 5) is 4.25. The first-order valence-corrected chi connectivity index (χ1v) is 11.3. The molecule has 2 N–H and O–H groups in total. The number of hydrogen-bond donors (Lipinski definition) is 2. The number of hydrogen-bond acceptors (Lipinski definition) is 5. The molecule has 1 heterocycles. The van der Waals surface area contributed by atoms with E-state index in [2.05, 4.69) is 15.6 Å². The van der Waals surface area contributed by atoms with E-state index in [1.807, 2.05) is 39.0 Å². The first-order valence-electron chi connectivity index (χ1n) is 9.45. The van der Waals surface area contributed by atoms with Gasteiger partial charge in [-0.05, 0) is 50.8 Å². The third-order valence-electron chi connectivity index (χ3n) is 4.53. The quantitative estimate of drug-likeness (QED) is 0.516. The van der Waals surface area contributed by atoms with Gasteiger partial charge in [-0.15, -0.1) is 0 Å². The zero-order chi connectivity index (χ0) is 19.9. The van der Waals surface area contributed by atoms with Crippen LogP contribution in [0.15, 0.2) is 23.2 Å². The van der Waals surface area contributed by atoms with E-state index in [1.54, 1.807) is 7.05 Å². The predicted molar refractivity (Wildman–Crippen MR) is 108 cm³/mol. The molecule has 0 bridgehead atoms. The number of benzene rings is 1. The maximum absolute atomic E-state index is 11.6. The summed E-state index contributed by atoms with van der Waals surface area (Å²) in [5, 5.41) is 6.58. The van der Waals surface area contributed by atoms with Crippen LogP contribution in [0.2, 0.25) is 0 Å². The molecule has 0 radical (unpaired) electrons. The van der Waals surface area contributed by atoms with Gasteiger partial charge in [0.05, 0.1) is 30.8 Å². The third-order valence-corrected chi connectivity index (χ3v) is 6.37. The summed E-state index contributed by atoms with van der Waals surface area (Å²) in [6.45, 7) is 7.68. The number of nitrogens with one attached hydrogen (secondary N) is 2. The van der Waals surface area contributed by atoms with Crippen molar-refractivity contribution in [1.29, 1.82) is 0 Å². The molecule has 1 saturated heterocycles. The van der Waals surface area contributed by atoms with E-state index in [1.165, 1.54) is 0 Å². The Morgan fingerprint density at radius 3 is 2.56 bits per heavy atom. The maximum Gasteiger partial charge on any atom is 0.191 e. The van der Waals surface area contributed by atoms with Crippen LogP contribution in [-0.4, -0.2) is 52.7 Å². The predicted octanol–water partition coefficient (Wildman–Crippen LogP) is 2.14. The number of ether oxygens (including phenoxy) is 2. The van der Waals surface area contributed by atoms with E-state index in [0.29, 0.717) is 32.1 Å². The SMILES string of the molecule is CCOc1ccc(C(C)NC(=NC)NCC2CCS(=O)(=O)C2)cc1OCC. The van der Waals surface area contributed by atoms with Crippen molar-refractivity contribution in [2.75, 3.05) is 38.3 Å². The van der Waals surface area contributed by atoms with Gasteiger partial charge < -0.3 is 20.1 Å². The molecule has 8 heteroatoms. The van der Waals surface area contributed by atoms with Crippen molar-refractivity contribution in [3.8, 4) is 11.5 Å². The van der Waals surface area contributed by atoms with E-state index in [9.17, 15) is 8.42 Å². The van der Waals surface area contributed by atoms with Crippen LogP contribution < -0.4 is 20.1 Å². The van der Waals surface area contributed by atoms with E-state index < -0.39 is 9.84 Å². The Kier molecular flexibility index (Phi) is 7.77. The summed E-state index contributed by atoms with van der Waals surface area (Å²) in [5.74, 6) is 2.79. The van der Waals surface area contributed by atoms with Crippen LogP contribution in [-0.2, 0) is 9.84 Å². The maximum atomic E-state index is 11.6. The van der Waals surface area contributed by atoms with Gasteiger partial charge in [-0.25, -0.2) is 8.42 Å². The molecule has 27 heavy (non-hydrogen) atoms. The summed E-state index contributed by atoms with van der Waals surface area (Å²) >= 11 is 0.